The summed E-state index contributed by atoms with van der Waals surface area (Å²) in [6, 6.07) is 0. The lowest BCUT2D eigenvalue weighted by Gasteiger charge is -2.05. The van der Waals surface area contributed by atoms with Crippen molar-refractivity contribution in [1.29, 1.82) is 0 Å². The number of hydrogen-bond acceptors (Lipinski definition) is 3. The number of carbonyl (C=O) groups excluding carboxylic acids is 1. The van der Waals surface area contributed by atoms with Gasteiger partial charge in [0, 0.05) is 18.3 Å². The van der Waals surface area contributed by atoms with Gasteiger partial charge < -0.3 is 10.2 Å². The van der Waals surface area contributed by atoms with Crippen molar-refractivity contribution < 1.29 is 15.0 Å². The molecule has 0 aromatic rings. The fourth-order valence-corrected chi connectivity index (χ4v) is 1.99. The van der Waals surface area contributed by atoms with Gasteiger partial charge in [-0.25, -0.2) is 0 Å². The number of aliphatic hydroxyl groups excluding tert-OH is 2. The summed E-state index contributed by atoms with van der Waals surface area (Å²) in [6.07, 6.45) is 1.40. The molecule has 0 spiro atoms. The first kappa shape index (κ1) is 13.2. The topological polar surface area (TPSA) is 57.5 Å². The van der Waals surface area contributed by atoms with Crippen LogP contribution >= 0.6 is 0 Å². The van der Waals surface area contributed by atoms with Crippen molar-refractivity contribution >= 4 is 5.78 Å². The zero-order valence-electron chi connectivity index (χ0n) is 9.94. The zero-order valence-corrected chi connectivity index (χ0v) is 9.94. The number of hydrogen-bond donors (Lipinski definition) is 2. The molecule has 4 atom stereocenters. The molecule has 0 aromatic heterocycles. The van der Waals surface area contributed by atoms with E-state index in [1.165, 1.54) is 0 Å². The van der Waals surface area contributed by atoms with Crippen LogP contribution in [0, 0.1) is 23.7 Å². The third-order valence-electron chi connectivity index (χ3n) is 3.10. The minimum Gasteiger partial charge on any atom is -0.392 e. The molecule has 0 saturated heterocycles. The first-order valence-electron chi connectivity index (χ1n) is 5.94. The summed E-state index contributed by atoms with van der Waals surface area (Å²) in [4.78, 5) is 11.3. The molecule has 0 radical (unpaired) electrons. The Morgan fingerprint density at radius 2 is 2.25 bits per heavy atom. The van der Waals surface area contributed by atoms with Gasteiger partial charge in [-0.3, -0.25) is 4.79 Å². The minimum atomic E-state index is -0.838. The average Bonchev–Trinajstić information content (AvgIpc) is 2.47. The Kier molecular flexibility index (Phi) is 4.98. The lowest BCUT2D eigenvalue weighted by molar-refractivity contribution is -0.127. The van der Waals surface area contributed by atoms with E-state index in [0.29, 0.717) is 12.8 Å². The van der Waals surface area contributed by atoms with Crippen LogP contribution in [0.1, 0.15) is 39.5 Å². The van der Waals surface area contributed by atoms with Crippen LogP contribution in [0.5, 0.6) is 0 Å². The minimum absolute atomic E-state index is 0.0451. The second kappa shape index (κ2) is 6.03. The Hall–Kier alpha value is -0.850. The molecule has 1 saturated carbocycles. The van der Waals surface area contributed by atoms with Crippen LogP contribution in [0.4, 0.5) is 0 Å². The summed E-state index contributed by atoms with van der Waals surface area (Å²) in [5.41, 5.74) is 0. The number of Topliss-reactive ketones (excluding diaryl/α,β-unsaturated/α-hetero) is 1. The maximum Gasteiger partial charge on any atom is 0.165 e. The number of ketones is 1. The van der Waals surface area contributed by atoms with E-state index in [1.54, 1.807) is 6.92 Å². The van der Waals surface area contributed by atoms with Crippen molar-refractivity contribution in [2.24, 2.45) is 11.8 Å². The standard InChI is InChI=1S/C13H20O3/c1-3-5-11(14)7-4-6-10-8-12(15)13(16)9(10)2/h9-12,14-15H,3,5,7-8H2,1-2H3. The van der Waals surface area contributed by atoms with Gasteiger partial charge in [0.05, 0.1) is 6.10 Å². The molecule has 90 valence electrons. The van der Waals surface area contributed by atoms with Crippen LogP contribution in [0.2, 0.25) is 0 Å². The van der Waals surface area contributed by atoms with Crippen molar-refractivity contribution in [3.63, 3.8) is 0 Å². The molecule has 2 N–H and O–H groups in total. The summed E-state index contributed by atoms with van der Waals surface area (Å²) in [5.74, 6) is 5.59. The first-order chi connectivity index (χ1) is 7.56. The quantitative estimate of drug-likeness (QED) is 0.706. The first-order valence-corrected chi connectivity index (χ1v) is 5.94. The van der Waals surface area contributed by atoms with E-state index >= 15 is 0 Å². The van der Waals surface area contributed by atoms with Gasteiger partial charge in [0.1, 0.15) is 6.10 Å². The van der Waals surface area contributed by atoms with Gasteiger partial charge in [0.15, 0.2) is 5.78 Å². The van der Waals surface area contributed by atoms with E-state index in [4.69, 9.17) is 0 Å². The maximum atomic E-state index is 11.3. The van der Waals surface area contributed by atoms with Crippen molar-refractivity contribution in [2.75, 3.05) is 0 Å². The number of aliphatic hydroxyl groups is 2. The SMILES string of the molecule is CCCC(O)CC#CC1CC(O)C(=O)C1C. The van der Waals surface area contributed by atoms with Crippen molar-refractivity contribution in [1.82, 2.24) is 0 Å². The molecule has 1 aliphatic carbocycles. The van der Waals surface area contributed by atoms with E-state index in [1.807, 2.05) is 6.92 Å². The molecule has 1 fully saturated rings. The van der Waals surface area contributed by atoms with Crippen LogP contribution in [0.15, 0.2) is 0 Å². The zero-order chi connectivity index (χ0) is 12.1. The number of carbonyl (C=O) groups is 1. The van der Waals surface area contributed by atoms with Gasteiger partial charge >= 0.3 is 0 Å². The Balaban J connectivity index is 2.43. The van der Waals surface area contributed by atoms with Crippen molar-refractivity contribution in [3.05, 3.63) is 0 Å². The molecule has 0 aliphatic heterocycles. The van der Waals surface area contributed by atoms with Gasteiger partial charge in [0.25, 0.3) is 0 Å². The summed E-state index contributed by atoms with van der Waals surface area (Å²) in [5, 5.41) is 18.8. The maximum absolute atomic E-state index is 11.3. The second-order valence-corrected chi connectivity index (χ2v) is 4.52. The van der Waals surface area contributed by atoms with Gasteiger partial charge in [-0.05, 0) is 12.8 Å². The predicted molar refractivity (Wildman–Crippen MR) is 61.6 cm³/mol. The highest BCUT2D eigenvalue weighted by atomic mass is 16.3. The summed E-state index contributed by atoms with van der Waals surface area (Å²) < 4.78 is 0. The normalized spacial score (nSPS) is 31.0. The summed E-state index contributed by atoms with van der Waals surface area (Å²) >= 11 is 0. The Morgan fingerprint density at radius 1 is 1.56 bits per heavy atom. The van der Waals surface area contributed by atoms with Crippen molar-refractivity contribution in [2.45, 2.75) is 51.7 Å². The lowest BCUT2D eigenvalue weighted by atomic mass is 9.98. The lowest BCUT2D eigenvalue weighted by Crippen LogP contribution is -2.16. The summed E-state index contributed by atoms with van der Waals surface area (Å²) in [6.45, 7) is 3.82. The molecule has 0 bridgehead atoms. The van der Waals surface area contributed by atoms with E-state index in [0.717, 1.165) is 12.8 Å². The number of rotatable bonds is 3. The molecule has 1 rings (SSSR count). The molecule has 0 amide bonds. The fourth-order valence-electron chi connectivity index (χ4n) is 1.99. The summed E-state index contributed by atoms with van der Waals surface area (Å²) in [7, 11) is 0. The van der Waals surface area contributed by atoms with Crippen LogP contribution < -0.4 is 0 Å². The molecule has 4 unspecified atom stereocenters. The highest BCUT2D eigenvalue weighted by molar-refractivity contribution is 5.87. The van der Waals surface area contributed by atoms with E-state index in [2.05, 4.69) is 11.8 Å². The molecule has 0 aromatic carbocycles. The molecular weight excluding hydrogens is 204 g/mol. The van der Waals surface area contributed by atoms with Gasteiger partial charge in [-0.1, -0.05) is 26.2 Å². The molecule has 1 aliphatic rings. The van der Waals surface area contributed by atoms with E-state index in [9.17, 15) is 15.0 Å². The molecule has 3 nitrogen and oxygen atoms in total. The predicted octanol–water partition coefficient (Wildman–Crippen LogP) is 1.13. The van der Waals surface area contributed by atoms with E-state index < -0.39 is 6.10 Å². The van der Waals surface area contributed by atoms with Crippen LogP contribution in [-0.2, 0) is 4.79 Å². The monoisotopic (exact) mass is 224 g/mol. The van der Waals surface area contributed by atoms with Gasteiger partial charge in [0.2, 0.25) is 0 Å². The van der Waals surface area contributed by atoms with Crippen LogP contribution in [-0.4, -0.2) is 28.2 Å². The highest BCUT2D eigenvalue weighted by Crippen LogP contribution is 2.27. The molecular formula is C13H20O3. The fraction of sp³-hybridized carbons (Fsp3) is 0.769. The van der Waals surface area contributed by atoms with Crippen LogP contribution in [0.3, 0.4) is 0 Å². The van der Waals surface area contributed by atoms with E-state index in [-0.39, 0.29) is 23.7 Å². The highest BCUT2D eigenvalue weighted by Gasteiger charge is 2.37. The molecule has 0 heterocycles. The smallest absolute Gasteiger partial charge is 0.165 e. The Morgan fingerprint density at radius 3 is 2.75 bits per heavy atom. The third-order valence-corrected chi connectivity index (χ3v) is 3.10. The Bertz CT molecular complexity index is 300. The van der Waals surface area contributed by atoms with Crippen molar-refractivity contribution in [3.8, 4) is 11.8 Å². The average molecular weight is 224 g/mol. The third kappa shape index (κ3) is 3.33. The second-order valence-electron chi connectivity index (χ2n) is 4.52. The van der Waals surface area contributed by atoms with Crippen LogP contribution in [0.25, 0.3) is 0 Å². The Labute approximate surface area is 96.9 Å². The van der Waals surface area contributed by atoms with Gasteiger partial charge in [-0.2, -0.15) is 0 Å². The van der Waals surface area contributed by atoms with Gasteiger partial charge in [-0.15, -0.1) is 5.92 Å². The largest absolute Gasteiger partial charge is 0.392 e. The molecule has 16 heavy (non-hydrogen) atoms. The molecule has 3 heteroatoms.